The van der Waals surface area contributed by atoms with Crippen LogP contribution in [0, 0.1) is 6.92 Å². The van der Waals surface area contributed by atoms with Crippen LogP contribution in [0.4, 0.5) is 5.69 Å². The fourth-order valence-electron chi connectivity index (χ4n) is 2.93. The van der Waals surface area contributed by atoms with Gasteiger partial charge >= 0.3 is 0 Å². The number of aryl methyl sites for hydroxylation is 1. The first-order valence-electron chi connectivity index (χ1n) is 7.96. The fraction of sp³-hybridized carbons (Fsp3) is 0.211. The highest BCUT2D eigenvalue weighted by Gasteiger charge is 2.26. The molecule has 0 unspecified atom stereocenters. The summed E-state index contributed by atoms with van der Waals surface area (Å²) in [7, 11) is 0. The Hall–Kier alpha value is -1.98. The molecule has 0 radical (unpaired) electrons. The van der Waals surface area contributed by atoms with Crippen LogP contribution < -0.4 is 5.32 Å². The zero-order valence-electron chi connectivity index (χ0n) is 13.4. The fourth-order valence-corrected chi connectivity index (χ4v) is 5.38. The molecular formula is C19H18N2OS2. The molecular weight excluding hydrogens is 336 g/mol. The summed E-state index contributed by atoms with van der Waals surface area (Å²) in [4.78, 5) is 14.4. The summed E-state index contributed by atoms with van der Waals surface area (Å²) >= 11 is 3.69. The maximum atomic E-state index is 13.0. The van der Waals surface area contributed by atoms with Crippen LogP contribution >= 0.6 is 23.1 Å². The Balaban J connectivity index is 1.74. The van der Waals surface area contributed by atoms with E-state index in [1.54, 1.807) is 11.3 Å². The molecule has 3 aromatic rings. The predicted octanol–water partition coefficient (Wildman–Crippen LogP) is 4.89. The number of hydrogen-bond donors (Lipinski definition) is 1. The molecule has 24 heavy (non-hydrogen) atoms. The molecule has 3 nitrogen and oxygen atoms in total. The molecule has 5 heteroatoms. The summed E-state index contributed by atoms with van der Waals surface area (Å²) in [5, 5.41) is 4.10. The Labute approximate surface area is 149 Å². The molecule has 0 saturated carbocycles. The van der Waals surface area contributed by atoms with Gasteiger partial charge in [0.15, 0.2) is 0 Å². The number of thioether (sulfide) groups is 1. The largest absolute Gasteiger partial charge is 0.322 e. The summed E-state index contributed by atoms with van der Waals surface area (Å²) in [5.41, 5.74) is 4.10. The van der Waals surface area contributed by atoms with Crippen molar-refractivity contribution in [3.63, 3.8) is 0 Å². The second-order valence-electron chi connectivity index (χ2n) is 5.90. The van der Waals surface area contributed by atoms with Gasteiger partial charge in [0.1, 0.15) is 5.00 Å². The van der Waals surface area contributed by atoms with Gasteiger partial charge in [-0.1, -0.05) is 17.7 Å². The van der Waals surface area contributed by atoms with Crippen molar-refractivity contribution in [1.82, 2.24) is 4.57 Å². The third-order valence-electron chi connectivity index (χ3n) is 4.18. The number of rotatable bonds is 3. The van der Waals surface area contributed by atoms with Gasteiger partial charge in [-0.15, -0.1) is 11.3 Å². The zero-order valence-corrected chi connectivity index (χ0v) is 15.0. The van der Waals surface area contributed by atoms with Crippen LogP contribution in [0.25, 0.3) is 5.00 Å². The number of carbonyl (C=O) groups is 1. The average Bonchev–Trinajstić information content (AvgIpc) is 3.23. The van der Waals surface area contributed by atoms with Crippen molar-refractivity contribution in [3.05, 3.63) is 70.4 Å². The summed E-state index contributed by atoms with van der Waals surface area (Å²) in [6.45, 7) is 2.04. The summed E-state index contributed by atoms with van der Waals surface area (Å²) in [5.74, 6) is 2.08. The maximum Gasteiger partial charge on any atom is 0.258 e. The van der Waals surface area contributed by atoms with Gasteiger partial charge in [-0.05, 0) is 48.9 Å². The highest BCUT2D eigenvalue weighted by atomic mass is 32.2. The van der Waals surface area contributed by atoms with Gasteiger partial charge in [-0.3, -0.25) is 4.79 Å². The molecule has 0 aliphatic carbocycles. The van der Waals surface area contributed by atoms with Crippen molar-refractivity contribution in [2.45, 2.75) is 19.1 Å². The lowest BCUT2D eigenvalue weighted by atomic mass is 10.1. The number of hydrogen-bond acceptors (Lipinski definition) is 3. The van der Waals surface area contributed by atoms with Crippen molar-refractivity contribution in [1.29, 1.82) is 0 Å². The van der Waals surface area contributed by atoms with Crippen LogP contribution in [0.15, 0.2) is 48.8 Å². The quantitative estimate of drug-likeness (QED) is 0.727. The first-order valence-corrected chi connectivity index (χ1v) is 9.93. The lowest BCUT2D eigenvalue weighted by Crippen LogP contribution is -2.16. The van der Waals surface area contributed by atoms with Crippen LogP contribution in [-0.2, 0) is 12.2 Å². The van der Waals surface area contributed by atoms with Gasteiger partial charge < -0.3 is 9.88 Å². The highest BCUT2D eigenvalue weighted by Crippen LogP contribution is 2.38. The Morgan fingerprint density at radius 2 is 1.92 bits per heavy atom. The van der Waals surface area contributed by atoms with Gasteiger partial charge in [0.25, 0.3) is 5.91 Å². The van der Waals surface area contributed by atoms with Crippen LogP contribution in [-0.4, -0.2) is 16.2 Å². The van der Waals surface area contributed by atoms with Crippen molar-refractivity contribution < 1.29 is 4.79 Å². The molecule has 1 amide bonds. The molecule has 0 spiro atoms. The minimum atomic E-state index is -0.00745. The molecule has 1 aromatic carbocycles. The molecule has 0 fully saturated rings. The molecule has 0 atom stereocenters. The first kappa shape index (κ1) is 15.5. The molecule has 122 valence electrons. The number of benzene rings is 1. The Bertz CT molecular complexity index is 864. The summed E-state index contributed by atoms with van der Waals surface area (Å²) in [6, 6.07) is 11.9. The van der Waals surface area contributed by atoms with Gasteiger partial charge in [0.05, 0.1) is 5.56 Å². The number of aromatic nitrogens is 1. The lowest BCUT2D eigenvalue weighted by Gasteiger charge is -2.13. The summed E-state index contributed by atoms with van der Waals surface area (Å²) < 4.78 is 2.05. The number of nitrogens with zero attached hydrogens (tertiary/aromatic N) is 1. The minimum absolute atomic E-state index is 0.00745. The molecule has 4 rings (SSSR count). The topological polar surface area (TPSA) is 34.0 Å². The van der Waals surface area contributed by atoms with Gasteiger partial charge in [0.2, 0.25) is 0 Å². The maximum absolute atomic E-state index is 13.0. The smallest absolute Gasteiger partial charge is 0.258 e. The third kappa shape index (κ3) is 2.89. The van der Waals surface area contributed by atoms with E-state index >= 15 is 0 Å². The first-order chi connectivity index (χ1) is 11.7. The van der Waals surface area contributed by atoms with Gasteiger partial charge in [-0.2, -0.15) is 11.8 Å². The number of thiophene rings is 1. The van der Waals surface area contributed by atoms with Crippen LogP contribution in [0.2, 0.25) is 0 Å². The number of fused-ring (bicyclic) bond motifs is 1. The van der Waals surface area contributed by atoms with Crippen molar-refractivity contribution in [2.75, 3.05) is 11.1 Å². The van der Waals surface area contributed by atoms with E-state index < -0.39 is 0 Å². The van der Waals surface area contributed by atoms with E-state index in [0.717, 1.165) is 34.2 Å². The molecule has 1 aliphatic heterocycles. The molecule has 3 heterocycles. The van der Waals surface area contributed by atoms with Crippen molar-refractivity contribution >= 4 is 34.7 Å². The number of carbonyl (C=O) groups excluding carboxylic acids is 1. The standard InChI is InChI=1S/C19H18N2OS2/c1-13-4-6-14(7-5-13)20-18(22)17-15-8-11-23-12-16(15)24-19(17)21-9-2-3-10-21/h2-7,9-10H,8,11-12H2,1H3,(H,20,22). The van der Waals surface area contributed by atoms with Crippen molar-refractivity contribution in [2.24, 2.45) is 0 Å². The van der Waals surface area contributed by atoms with E-state index in [-0.39, 0.29) is 5.91 Å². The Morgan fingerprint density at radius 3 is 2.67 bits per heavy atom. The van der Waals surface area contributed by atoms with E-state index in [0.29, 0.717) is 0 Å². The Kier molecular flexibility index (Phi) is 4.21. The predicted molar refractivity (Wildman–Crippen MR) is 103 cm³/mol. The van der Waals surface area contributed by atoms with E-state index in [1.165, 1.54) is 16.0 Å². The second kappa shape index (κ2) is 6.49. The minimum Gasteiger partial charge on any atom is -0.322 e. The second-order valence-corrected chi connectivity index (χ2v) is 8.09. The lowest BCUT2D eigenvalue weighted by molar-refractivity contribution is 0.102. The monoisotopic (exact) mass is 354 g/mol. The van der Waals surface area contributed by atoms with E-state index in [4.69, 9.17) is 0 Å². The van der Waals surface area contributed by atoms with E-state index in [9.17, 15) is 4.79 Å². The van der Waals surface area contributed by atoms with Crippen LogP contribution in [0.1, 0.15) is 26.4 Å². The SMILES string of the molecule is Cc1ccc(NC(=O)c2c(-n3cccc3)sc3c2CCSC3)cc1. The summed E-state index contributed by atoms with van der Waals surface area (Å²) in [6.07, 6.45) is 4.98. The third-order valence-corrected chi connectivity index (χ3v) is 6.59. The number of amides is 1. The average molecular weight is 355 g/mol. The van der Waals surface area contributed by atoms with Gasteiger partial charge in [-0.25, -0.2) is 0 Å². The molecule has 2 aromatic heterocycles. The van der Waals surface area contributed by atoms with E-state index in [1.807, 2.05) is 67.5 Å². The van der Waals surface area contributed by atoms with Crippen LogP contribution in [0.5, 0.6) is 0 Å². The zero-order chi connectivity index (χ0) is 16.5. The molecule has 0 saturated heterocycles. The van der Waals surface area contributed by atoms with Crippen molar-refractivity contribution in [3.8, 4) is 5.00 Å². The number of nitrogens with one attached hydrogen (secondary N) is 1. The highest BCUT2D eigenvalue weighted by molar-refractivity contribution is 7.98. The van der Waals surface area contributed by atoms with Gasteiger partial charge in [0, 0.05) is 28.7 Å². The Morgan fingerprint density at radius 1 is 1.17 bits per heavy atom. The molecule has 1 N–H and O–H groups in total. The molecule has 0 bridgehead atoms. The van der Waals surface area contributed by atoms with E-state index in [2.05, 4.69) is 9.88 Å². The normalized spacial score (nSPS) is 13.5. The molecule has 1 aliphatic rings. The van der Waals surface area contributed by atoms with Crippen LogP contribution in [0.3, 0.4) is 0 Å². The number of anilines is 1.